The molecular formula is C26H34N4O3. The van der Waals surface area contributed by atoms with Crippen molar-refractivity contribution in [1.29, 1.82) is 0 Å². The van der Waals surface area contributed by atoms with E-state index in [4.69, 9.17) is 0 Å². The van der Waals surface area contributed by atoms with Gasteiger partial charge in [0.25, 0.3) is 5.91 Å². The number of piperazine rings is 1. The van der Waals surface area contributed by atoms with E-state index in [2.05, 4.69) is 10.6 Å². The summed E-state index contributed by atoms with van der Waals surface area (Å²) in [7, 11) is 0. The average Bonchev–Trinajstić information content (AvgIpc) is 2.77. The molecule has 1 aliphatic heterocycles. The first-order valence-electron chi connectivity index (χ1n) is 11.4. The number of hydrogen-bond donors (Lipinski definition) is 2. The second-order valence-corrected chi connectivity index (χ2v) is 9.59. The Morgan fingerprint density at radius 3 is 2.15 bits per heavy atom. The van der Waals surface area contributed by atoms with Crippen molar-refractivity contribution < 1.29 is 14.4 Å². The summed E-state index contributed by atoms with van der Waals surface area (Å²) < 4.78 is 0. The molecule has 1 fully saturated rings. The van der Waals surface area contributed by atoms with Gasteiger partial charge in [0.2, 0.25) is 5.91 Å². The Labute approximate surface area is 196 Å². The maximum absolute atomic E-state index is 13.5. The number of carbonyl (C=O) groups is 3. The maximum Gasteiger partial charge on any atom is 0.315 e. The summed E-state index contributed by atoms with van der Waals surface area (Å²) in [5.74, 6) is -0.166. The molecule has 2 aromatic rings. The molecule has 2 atom stereocenters. The summed E-state index contributed by atoms with van der Waals surface area (Å²) in [5, 5.41) is 5.74. The lowest BCUT2D eigenvalue weighted by atomic mass is 10.0. The molecule has 0 saturated carbocycles. The first-order valence-corrected chi connectivity index (χ1v) is 11.4. The van der Waals surface area contributed by atoms with Crippen LogP contribution in [0.1, 0.15) is 43.6 Å². The molecule has 2 N–H and O–H groups in total. The Morgan fingerprint density at radius 2 is 1.58 bits per heavy atom. The van der Waals surface area contributed by atoms with E-state index in [0.29, 0.717) is 31.6 Å². The second kappa shape index (κ2) is 10.5. The number of hydrogen-bond acceptors (Lipinski definition) is 3. The fourth-order valence-electron chi connectivity index (χ4n) is 4.01. The van der Waals surface area contributed by atoms with Crippen molar-refractivity contribution in [2.75, 3.05) is 19.6 Å². The van der Waals surface area contributed by atoms with Gasteiger partial charge in [-0.05, 0) is 45.4 Å². The predicted octanol–water partition coefficient (Wildman–Crippen LogP) is 3.07. The van der Waals surface area contributed by atoms with E-state index in [-0.39, 0.29) is 23.9 Å². The van der Waals surface area contributed by atoms with Crippen LogP contribution in [0.5, 0.6) is 0 Å². The van der Waals surface area contributed by atoms with Crippen LogP contribution in [0.2, 0.25) is 0 Å². The molecule has 0 bridgehead atoms. The molecule has 2 unspecified atom stereocenters. The van der Waals surface area contributed by atoms with Crippen LogP contribution in [-0.2, 0) is 11.2 Å². The van der Waals surface area contributed by atoms with E-state index in [1.54, 1.807) is 17.0 Å². The molecular weight excluding hydrogens is 416 g/mol. The number of benzene rings is 2. The summed E-state index contributed by atoms with van der Waals surface area (Å²) in [6, 6.07) is 17.6. The van der Waals surface area contributed by atoms with Crippen LogP contribution in [0.3, 0.4) is 0 Å². The molecule has 1 aliphatic rings. The first-order chi connectivity index (χ1) is 15.6. The number of amides is 4. The van der Waals surface area contributed by atoms with Crippen LogP contribution < -0.4 is 10.6 Å². The first kappa shape index (κ1) is 24.3. The standard InChI is InChI=1S/C26H34N4O3/c1-19-18-29(15-16-30(19)23(31)21-13-9-6-10-14-21)24(32)22(17-20-11-7-5-8-12-20)27-25(33)28-26(2,3)4/h5-14,19,22H,15-18H2,1-4H3,(H2,27,28,33). The fourth-order valence-corrected chi connectivity index (χ4v) is 4.01. The van der Waals surface area contributed by atoms with E-state index in [9.17, 15) is 14.4 Å². The van der Waals surface area contributed by atoms with Crippen molar-refractivity contribution in [2.24, 2.45) is 0 Å². The summed E-state index contributed by atoms with van der Waals surface area (Å²) in [4.78, 5) is 42.5. The van der Waals surface area contributed by atoms with Crippen LogP contribution in [-0.4, -0.2) is 64.9 Å². The molecule has 176 valence electrons. The molecule has 0 spiro atoms. The minimum Gasteiger partial charge on any atom is -0.337 e. The van der Waals surface area contributed by atoms with Crippen molar-refractivity contribution in [3.05, 3.63) is 71.8 Å². The average molecular weight is 451 g/mol. The van der Waals surface area contributed by atoms with Crippen LogP contribution in [0, 0.1) is 0 Å². The van der Waals surface area contributed by atoms with Gasteiger partial charge in [-0.3, -0.25) is 9.59 Å². The lowest BCUT2D eigenvalue weighted by Crippen LogP contribution is -2.60. The van der Waals surface area contributed by atoms with Crippen LogP contribution in [0.4, 0.5) is 4.79 Å². The van der Waals surface area contributed by atoms with Gasteiger partial charge in [-0.15, -0.1) is 0 Å². The zero-order chi connectivity index (χ0) is 24.0. The highest BCUT2D eigenvalue weighted by Gasteiger charge is 2.34. The van der Waals surface area contributed by atoms with Gasteiger partial charge in [-0.2, -0.15) is 0 Å². The second-order valence-electron chi connectivity index (χ2n) is 9.59. The Bertz CT molecular complexity index is 957. The van der Waals surface area contributed by atoms with E-state index in [1.165, 1.54) is 0 Å². The Balaban J connectivity index is 1.70. The third kappa shape index (κ3) is 6.81. The molecule has 7 heteroatoms. The van der Waals surface area contributed by atoms with Gasteiger partial charge in [0.05, 0.1) is 0 Å². The monoisotopic (exact) mass is 450 g/mol. The Kier molecular flexibility index (Phi) is 7.74. The maximum atomic E-state index is 13.5. The van der Waals surface area contributed by atoms with Gasteiger partial charge in [-0.25, -0.2) is 4.79 Å². The topological polar surface area (TPSA) is 81.8 Å². The summed E-state index contributed by atoms with van der Waals surface area (Å²) in [5.41, 5.74) is 1.20. The molecule has 1 saturated heterocycles. The number of rotatable bonds is 5. The van der Waals surface area contributed by atoms with Gasteiger partial charge in [-0.1, -0.05) is 48.5 Å². The molecule has 2 aromatic carbocycles. The number of urea groups is 1. The fraction of sp³-hybridized carbons (Fsp3) is 0.423. The molecule has 4 amide bonds. The Hall–Kier alpha value is -3.35. The highest BCUT2D eigenvalue weighted by molar-refractivity contribution is 5.94. The molecule has 3 rings (SSSR count). The smallest absolute Gasteiger partial charge is 0.315 e. The van der Waals surface area contributed by atoms with E-state index >= 15 is 0 Å². The zero-order valence-corrected chi connectivity index (χ0v) is 19.9. The minimum atomic E-state index is -0.696. The van der Waals surface area contributed by atoms with Crippen molar-refractivity contribution >= 4 is 17.8 Å². The molecule has 0 radical (unpaired) electrons. The largest absolute Gasteiger partial charge is 0.337 e. The van der Waals surface area contributed by atoms with Gasteiger partial charge in [0.1, 0.15) is 6.04 Å². The normalized spacial score (nSPS) is 17.3. The lowest BCUT2D eigenvalue weighted by molar-refractivity contribution is -0.135. The van der Waals surface area contributed by atoms with E-state index in [1.807, 2.05) is 81.1 Å². The SMILES string of the molecule is CC1CN(C(=O)C(Cc2ccccc2)NC(=O)NC(C)(C)C)CCN1C(=O)c1ccccc1. The molecule has 0 aromatic heterocycles. The molecule has 0 aliphatic carbocycles. The third-order valence-corrected chi connectivity index (χ3v) is 5.60. The summed E-state index contributed by atoms with van der Waals surface area (Å²) in [6.45, 7) is 8.93. The lowest BCUT2D eigenvalue weighted by Gasteiger charge is -2.41. The molecule has 7 nitrogen and oxygen atoms in total. The number of carbonyl (C=O) groups excluding carboxylic acids is 3. The number of nitrogens with zero attached hydrogens (tertiary/aromatic N) is 2. The van der Waals surface area contributed by atoms with Gasteiger partial charge >= 0.3 is 6.03 Å². The van der Waals surface area contributed by atoms with Gasteiger partial charge < -0.3 is 20.4 Å². The van der Waals surface area contributed by atoms with Crippen molar-refractivity contribution in [3.63, 3.8) is 0 Å². The van der Waals surface area contributed by atoms with E-state index < -0.39 is 11.6 Å². The third-order valence-electron chi connectivity index (χ3n) is 5.60. The summed E-state index contributed by atoms with van der Waals surface area (Å²) >= 11 is 0. The van der Waals surface area contributed by atoms with Crippen molar-refractivity contribution in [1.82, 2.24) is 20.4 Å². The van der Waals surface area contributed by atoms with E-state index in [0.717, 1.165) is 5.56 Å². The minimum absolute atomic E-state index is 0.0290. The van der Waals surface area contributed by atoms with Crippen molar-refractivity contribution in [2.45, 2.75) is 51.7 Å². The van der Waals surface area contributed by atoms with Crippen LogP contribution >= 0.6 is 0 Å². The Morgan fingerprint density at radius 1 is 0.970 bits per heavy atom. The van der Waals surface area contributed by atoms with Crippen LogP contribution in [0.25, 0.3) is 0 Å². The molecule has 1 heterocycles. The van der Waals surface area contributed by atoms with Crippen LogP contribution in [0.15, 0.2) is 60.7 Å². The predicted molar refractivity (Wildman–Crippen MR) is 129 cm³/mol. The summed E-state index contributed by atoms with van der Waals surface area (Å²) in [6.07, 6.45) is 0.398. The quantitative estimate of drug-likeness (QED) is 0.735. The highest BCUT2D eigenvalue weighted by Crippen LogP contribution is 2.16. The van der Waals surface area contributed by atoms with Gasteiger partial charge in [0.15, 0.2) is 0 Å². The zero-order valence-electron chi connectivity index (χ0n) is 19.9. The number of nitrogens with one attached hydrogen (secondary N) is 2. The highest BCUT2D eigenvalue weighted by atomic mass is 16.2. The molecule has 33 heavy (non-hydrogen) atoms. The van der Waals surface area contributed by atoms with Crippen molar-refractivity contribution in [3.8, 4) is 0 Å². The van der Waals surface area contributed by atoms with Gasteiger partial charge in [0, 0.05) is 43.2 Å².